The van der Waals surface area contributed by atoms with Crippen LogP contribution in [0.15, 0.2) is 41.0 Å². The first-order chi connectivity index (χ1) is 20.4. The molecule has 1 aromatic heterocycles. The maximum atomic E-state index is 10.7. The molecule has 3 aliphatic rings. The van der Waals surface area contributed by atoms with Crippen LogP contribution in [0.2, 0.25) is 0 Å². The van der Waals surface area contributed by atoms with Crippen molar-refractivity contribution in [3.05, 3.63) is 57.7 Å². The summed E-state index contributed by atoms with van der Waals surface area (Å²) >= 11 is 3.60. The van der Waals surface area contributed by atoms with Crippen LogP contribution in [0.4, 0.5) is 28.8 Å². The molecule has 1 aliphatic carbocycles. The Bertz CT molecular complexity index is 1400. The van der Waals surface area contributed by atoms with Crippen LogP contribution in [0.25, 0.3) is 0 Å². The Morgan fingerprint density at radius 2 is 1.79 bits per heavy atom. The fraction of sp³-hybridized carbons (Fsp3) is 0.500. The van der Waals surface area contributed by atoms with Crippen molar-refractivity contribution in [1.82, 2.24) is 19.8 Å². The number of aliphatic hydroxyl groups excluding tert-OH is 1. The van der Waals surface area contributed by atoms with E-state index in [-0.39, 0.29) is 0 Å². The van der Waals surface area contributed by atoms with E-state index in [1.807, 2.05) is 12.1 Å². The quantitative estimate of drug-likeness (QED) is 0.306. The number of piperidine rings is 1. The van der Waals surface area contributed by atoms with Crippen LogP contribution in [-0.4, -0.2) is 84.3 Å². The number of ether oxygens (including phenoxy) is 1. The van der Waals surface area contributed by atoms with Gasteiger partial charge in [-0.05, 0) is 85.3 Å². The summed E-state index contributed by atoms with van der Waals surface area (Å²) in [6.07, 6.45) is 6.39. The van der Waals surface area contributed by atoms with Crippen LogP contribution in [0.1, 0.15) is 48.5 Å². The molecule has 2 aromatic carbocycles. The highest BCUT2D eigenvalue weighted by atomic mass is 79.9. The highest BCUT2D eigenvalue weighted by Gasteiger charge is 2.28. The lowest BCUT2D eigenvalue weighted by Gasteiger charge is -2.43. The Balaban J connectivity index is 1.17. The van der Waals surface area contributed by atoms with Crippen molar-refractivity contribution < 1.29 is 9.84 Å². The van der Waals surface area contributed by atoms with Gasteiger partial charge in [0.15, 0.2) is 0 Å². The number of aryl methyl sites for hydroxylation is 2. The van der Waals surface area contributed by atoms with E-state index in [1.54, 1.807) is 13.3 Å². The molecule has 2 fully saturated rings. The summed E-state index contributed by atoms with van der Waals surface area (Å²) in [6.45, 7) is 8.96. The molecular formula is C32H42BrN7O2. The number of piperazine rings is 1. The van der Waals surface area contributed by atoms with E-state index >= 15 is 0 Å². The first-order valence-corrected chi connectivity index (χ1v) is 15.9. The molecule has 42 heavy (non-hydrogen) atoms. The molecule has 0 bridgehead atoms. The van der Waals surface area contributed by atoms with Gasteiger partial charge in [-0.15, -0.1) is 0 Å². The minimum absolute atomic E-state index is 0.462. The lowest BCUT2D eigenvalue weighted by molar-refractivity contribution is 0.0982. The molecule has 1 unspecified atom stereocenters. The average Bonchev–Trinajstić information content (AvgIpc) is 3.00. The Morgan fingerprint density at radius 1 is 1.00 bits per heavy atom. The van der Waals surface area contributed by atoms with Crippen molar-refractivity contribution in [2.75, 3.05) is 69.0 Å². The molecule has 0 radical (unpaired) electrons. The maximum Gasteiger partial charge on any atom is 0.229 e. The van der Waals surface area contributed by atoms with Gasteiger partial charge in [-0.25, -0.2) is 4.98 Å². The summed E-state index contributed by atoms with van der Waals surface area (Å²) < 4.78 is 6.59. The molecule has 2 aliphatic heterocycles. The summed E-state index contributed by atoms with van der Waals surface area (Å²) in [5.41, 5.74) is 6.26. The number of hydrogen-bond acceptors (Lipinski definition) is 9. The SMILES string of the molecule is COc1cc(N2CCC(N3CCN(C)CC3)CC2)c(C)cc1Nc1ncc(Br)c(Nc2cccc3c2C(O)CCC3)n1. The Hall–Kier alpha value is -2.92. The van der Waals surface area contributed by atoms with Gasteiger partial charge in [0.2, 0.25) is 5.95 Å². The molecule has 0 spiro atoms. The minimum atomic E-state index is -0.473. The number of halogens is 1. The zero-order chi connectivity index (χ0) is 29.2. The van der Waals surface area contributed by atoms with E-state index in [0.29, 0.717) is 17.8 Å². The van der Waals surface area contributed by atoms with Crippen LogP contribution in [0, 0.1) is 6.92 Å². The van der Waals surface area contributed by atoms with E-state index in [0.717, 1.165) is 59.5 Å². The smallest absolute Gasteiger partial charge is 0.229 e. The van der Waals surface area contributed by atoms with Gasteiger partial charge < -0.3 is 30.3 Å². The number of benzene rings is 2. The molecule has 2 saturated heterocycles. The van der Waals surface area contributed by atoms with Gasteiger partial charge in [-0.3, -0.25) is 4.90 Å². The number of hydrogen-bond donors (Lipinski definition) is 3. The molecule has 224 valence electrons. The van der Waals surface area contributed by atoms with Crippen LogP contribution in [0.3, 0.4) is 0 Å². The van der Waals surface area contributed by atoms with E-state index in [9.17, 15) is 5.11 Å². The number of nitrogens with zero attached hydrogens (tertiary/aromatic N) is 5. The second-order valence-electron chi connectivity index (χ2n) is 11.8. The number of nitrogens with one attached hydrogen (secondary N) is 2. The number of aromatic nitrogens is 2. The first kappa shape index (κ1) is 29.2. The predicted octanol–water partition coefficient (Wildman–Crippen LogP) is 5.63. The number of likely N-dealkylation sites (N-methyl/N-ethyl adjacent to an activating group) is 1. The number of rotatable bonds is 7. The summed E-state index contributed by atoms with van der Waals surface area (Å²) in [4.78, 5) is 16.9. The van der Waals surface area contributed by atoms with Gasteiger partial charge in [0.25, 0.3) is 0 Å². The van der Waals surface area contributed by atoms with E-state index in [2.05, 4.69) is 78.4 Å². The Labute approximate surface area is 257 Å². The number of aliphatic hydroxyl groups is 1. The van der Waals surface area contributed by atoms with Crippen molar-refractivity contribution in [2.24, 2.45) is 0 Å². The highest BCUT2D eigenvalue weighted by Crippen LogP contribution is 2.39. The van der Waals surface area contributed by atoms with Gasteiger partial charge in [0.05, 0.1) is 23.4 Å². The van der Waals surface area contributed by atoms with E-state index in [1.165, 1.54) is 55.8 Å². The van der Waals surface area contributed by atoms with Crippen LogP contribution < -0.4 is 20.3 Å². The lowest BCUT2D eigenvalue weighted by Crippen LogP contribution is -2.52. The van der Waals surface area contributed by atoms with Crippen molar-refractivity contribution in [1.29, 1.82) is 0 Å². The molecule has 3 heterocycles. The van der Waals surface area contributed by atoms with Crippen molar-refractivity contribution in [3.8, 4) is 5.75 Å². The Kier molecular flexibility index (Phi) is 8.85. The maximum absolute atomic E-state index is 10.7. The van der Waals surface area contributed by atoms with Gasteiger partial charge >= 0.3 is 0 Å². The monoisotopic (exact) mass is 635 g/mol. The van der Waals surface area contributed by atoms with Crippen molar-refractivity contribution >= 4 is 44.8 Å². The second kappa shape index (κ2) is 12.8. The third-order valence-electron chi connectivity index (χ3n) is 9.07. The van der Waals surface area contributed by atoms with E-state index in [4.69, 9.17) is 9.72 Å². The molecule has 3 N–H and O–H groups in total. The minimum Gasteiger partial charge on any atom is -0.494 e. The fourth-order valence-corrected chi connectivity index (χ4v) is 6.96. The molecule has 0 amide bonds. The zero-order valence-corrected chi connectivity index (χ0v) is 26.5. The molecular weight excluding hydrogens is 594 g/mol. The molecule has 3 aromatic rings. The van der Waals surface area contributed by atoms with E-state index < -0.39 is 6.10 Å². The normalized spacial score (nSPS) is 20.3. The second-order valence-corrected chi connectivity index (χ2v) is 12.7. The average molecular weight is 637 g/mol. The third-order valence-corrected chi connectivity index (χ3v) is 9.65. The van der Waals surface area contributed by atoms with Crippen LogP contribution in [-0.2, 0) is 6.42 Å². The van der Waals surface area contributed by atoms with Crippen LogP contribution >= 0.6 is 15.9 Å². The van der Waals surface area contributed by atoms with Gasteiger partial charge in [-0.2, -0.15) is 4.98 Å². The third kappa shape index (κ3) is 6.22. The molecule has 6 rings (SSSR count). The fourth-order valence-electron chi connectivity index (χ4n) is 6.67. The molecule has 9 nitrogen and oxygen atoms in total. The zero-order valence-electron chi connectivity index (χ0n) is 24.9. The van der Waals surface area contributed by atoms with Gasteiger partial charge in [0, 0.05) is 74.5 Å². The van der Waals surface area contributed by atoms with Gasteiger partial charge in [0.1, 0.15) is 11.6 Å². The van der Waals surface area contributed by atoms with Crippen molar-refractivity contribution in [2.45, 2.75) is 51.2 Å². The summed E-state index contributed by atoms with van der Waals surface area (Å²) in [5.74, 6) is 1.86. The molecule has 10 heteroatoms. The standard InChI is InChI=1S/C32H42BrN7O2/c1-21-18-26(29(42-3)19-27(21)40-12-10-23(11-13-40)39-16-14-38(2)15-17-39)36-32-34-20-24(33)31(37-32)35-25-8-4-6-22-7-5-9-28(41)30(22)25/h4,6,8,18-20,23,28,41H,5,7,9-17H2,1-3H3,(H2,34,35,36,37). The molecule has 0 saturated carbocycles. The number of anilines is 5. The summed E-state index contributed by atoms with van der Waals surface area (Å²) in [6, 6.07) is 11.1. The van der Waals surface area contributed by atoms with Gasteiger partial charge in [-0.1, -0.05) is 12.1 Å². The summed E-state index contributed by atoms with van der Waals surface area (Å²) in [5, 5.41) is 17.5. The van der Waals surface area contributed by atoms with Crippen LogP contribution in [0.5, 0.6) is 5.75 Å². The first-order valence-electron chi connectivity index (χ1n) is 15.1. The largest absolute Gasteiger partial charge is 0.494 e. The Morgan fingerprint density at radius 3 is 2.55 bits per heavy atom. The topological polar surface area (TPSA) is 89.0 Å². The summed E-state index contributed by atoms with van der Waals surface area (Å²) in [7, 11) is 3.92. The molecule has 1 atom stereocenters. The number of methoxy groups -OCH3 is 1. The van der Waals surface area contributed by atoms with Crippen molar-refractivity contribution in [3.63, 3.8) is 0 Å². The number of fused-ring (bicyclic) bond motifs is 1. The lowest BCUT2D eigenvalue weighted by atomic mass is 9.88. The predicted molar refractivity (Wildman–Crippen MR) is 173 cm³/mol. The highest BCUT2D eigenvalue weighted by molar-refractivity contribution is 9.10.